The highest BCUT2D eigenvalue weighted by Gasteiger charge is 2.45. The van der Waals surface area contributed by atoms with Gasteiger partial charge in [0.1, 0.15) is 18.4 Å². The lowest BCUT2D eigenvalue weighted by Crippen LogP contribution is -2.49. The van der Waals surface area contributed by atoms with Crippen molar-refractivity contribution in [2.75, 3.05) is 65.1 Å². The Morgan fingerprint density at radius 2 is 1.82 bits per heavy atom. The highest BCUT2D eigenvalue weighted by atomic mass is 19.4. The van der Waals surface area contributed by atoms with Crippen molar-refractivity contribution in [2.24, 2.45) is 5.92 Å². The molecule has 280 valence electrons. The molecule has 2 aromatic rings. The van der Waals surface area contributed by atoms with E-state index in [-0.39, 0.29) is 30.0 Å². The lowest BCUT2D eigenvalue weighted by atomic mass is 9.88. The van der Waals surface area contributed by atoms with Gasteiger partial charge in [0.05, 0.1) is 42.6 Å². The van der Waals surface area contributed by atoms with Crippen LogP contribution < -0.4 is 10.2 Å². The minimum absolute atomic E-state index is 0.0425. The van der Waals surface area contributed by atoms with Crippen LogP contribution in [0.15, 0.2) is 24.3 Å². The molecule has 2 saturated heterocycles. The van der Waals surface area contributed by atoms with Crippen molar-refractivity contribution >= 4 is 24.0 Å². The van der Waals surface area contributed by atoms with Gasteiger partial charge in [0.15, 0.2) is 0 Å². The third-order valence-electron chi connectivity index (χ3n) is 9.83. The number of carbonyl (C=O) groups is 3. The zero-order chi connectivity index (χ0) is 37.3. The number of aryl methyl sites for hydroxylation is 1. The first-order chi connectivity index (χ1) is 24.3. The van der Waals surface area contributed by atoms with E-state index >= 15 is 0 Å². The number of halogens is 3. The molecule has 12 nitrogen and oxygen atoms in total. The number of ether oxygens (including phenoxy) is 2. The minimum atomic E-state index is -4.56. The Hall–Kier alpha value is -4.00. The molecule has 3 aliphatic heterocycles. The Kier molecular flexibility index (Phi) is 14.0. The number of fused-ring (bicyclic) bond motifs is 1. The molecule has 2 atom stereocenters. The van der Waals surface area contributed by atoms with Crippen LogP contribution in [0.25, 0.3) is 0 Å². The third kappa shape index (κ3) is 10.1. The molecule has 1 aromatic carbocycles. The summed E-state index contributed by atoms with van der Waals surface area (Å²) in [7, 11) is 3.68. The summed E-state index contributed by atoms with van der Waals surface area (Å²) in [5, 5.41) is 15.6. The maximum absolute atomic E-state index is 13.8. The second-order valence-electron chi connectivity index (χ2n) is 13.4. The van der Waals surface area contributed by atoms with Gasteiger partial charge >= 0.3 is 6.18 Å². The number of nitrogens with zero attached hydrogens (tertiary/aromatic N) is 6. The van der Waals surface area contributed by atoms with Crippen molar-refractivity contribution in [1.29, 1.82) is 5.26 Å². The SMILES string of the molecule is CCN(C)C1COC1.CCN1C(=O)C(NC(=O)c2cccc(C(F)(F)F)c2)CC(C2CC2)c2c(C)nn(C3CCOCC3)c21.CN(C=O)CC#N. The Morgan fingerprint density at radius 1 is 1.14 bits per heavy atom. The largest absolute Gasteiger partial charge is 0.416 e. The lowest BCUT2D eigenvalue weighted by molar-refractivity contribution is -0.137. The van der Waals surface area contributed by atoms with Crippen molar-refractivity contribution in [2.45, 2.75) is 83.1 Å². The van der Waals surface area contributed by atoms with E-state index in [0.29, 0.717) is 44.5 Å². The number of alkyl halides is 3. The van der Waals surface area contributed by atoms with Crippen LogP contribution in [-0.2, 0) is 25.2 Å². The van der Waals surface area contributed by atoms with Gasteiger partial charge < -0.3 is 19.7 Å². The summed E-state index contributed by atoms with van der Waals surface area (Å²) in [6.07, 6.45) is 0.161. The molecule has 15 heteroatoms. The average molecular weight is 718 g/mol. The monoisotopic (exact) mass is 717 g/mol. The van der Waals surface area contributed by atoms with E-state index in [1.165, 1.54) is 17.0 Å². The molecule has 0 spiro atoms. The van der Waals surface area contributed by atoms with E-state index in [4.69, 9.17) is 19.8 Å². The van der Waals surface area contributed by atoms with Gasteiger partial charge in [-0.3, -0.25) is 24.2 Å². The van der Waals surface area contributed by atoms with Crippen molar-refractivity contribution in [3.05, 3.63) is 46.6 Å². The summed E-state index contributed by atoms with van der Waals surface area (Å²) >= 11 is 0. The number of carbonyl (C=O) groups excluding carboxylic acids is 3. The van der Waals surface area contributed by atoms with Crippen LogP contribution in [-0.4, -0.2) is 110 Å². The zero-order valence-electron chi connectivity index (χ0n) is 30.1. The van der Waals surface area contributed by atoms with Crippen molar-refractivity contribution < 1.29 is 37.0 Å². The summed E-state index contributed by atoms with van der Waals surface area (Å²) in [6.45, 7) is 10.9. The quantitative estimate of drug-likeness (QED) is 0.296. The van der Waals surface area contributed by atoms with Gasteiger partial charge in [0.2, 0.25) is 6.41 Å². The van der Waals surface area contributed by atoms with Gasteiger partial charge in [-0.25, -0.2) is 4.68 Å². The molecule has 1 aliphatic carbocycles. The van der Waals surface area contributed by atoms with Crippen molar-refractivity contribution in [3.8, 4) is 6.07 Å². The van der Waals surface area contributed by atoms with E-state index in [0.717, 1.165) is 74.6 Å². The number of nitriles is 1. The lowest BCUT2D eigenvalue weighted by Gasteiger charge is -2.33. The van der Waals surface area contributed by atoms with Crippen LogP contribution in [0.5, 0.6) is 0 Å². The average Bonchev–Trinajstić information content (AvgIpc) is 3.90. The number of benzene rings is 1. The number of hydrogen-bond acceptors (Lipinski definition) is 8. The number of anilines is 1. The van der Waals surface area contributed by atoms with Crippen LogP contribution in [0.1, 0.15) is 85.1 Å². The Bertz CT molecular complexity index is 1530. The van der Waals surface area contributed by atoms with Crippen LogP contribution >= 0.6 is 0 Å². The summed E-state index contributed by atoms with van der Waals surface area (Å²) in [5.74, 6) is 0.307. The summed E-state index contributed by atoms with van der Waals surface area (Å²) < 4.78 is 52.1. The fourth-order valence-electron chi connectivity index (χ4n) is 6.52. The predicted molar refractivity (Wildman–Crippen MR) is 184 cm³/mol. The van der Waals surface area contributed by atoms with Crippen LogP contribution in [0.4, 0.5) is 19.0 Å². The van der Waals surface area contributed by atoms with Crippen LogP contribution in [0.3, 0.4) is 0 Å². The van der Waals surface area contributed by atoms with E-state index in [9.17, 15) is 27.6 Å². The molecule has 0 radical (unpaired) electrons. The fourth-order valence-corrected chi connectivity index (χ4v) is 6.52. The van der Waals surface area contributed by atoms with E-state index < -0.39 is 23.7 Å². The first kappa shape index (κ1) is 39.8. The third-order valence-corrected chi connectivity index (χ3v) is 9.83. The highest BCUT2D eigenvalue weighted by Crippen LogP contribution is 2.51. The molecule has 3 amide bonds. The molecule has 3 fully saturated rings. The van der Waals surface area contributed by atoms with Crippen LogP contribution in [0.2, 0.25) is 0 Å². The van der Waals surface area contributed by atoms with Gasteiger partial charge in [0.25, 0.3) is 11.8 Å². The maximum atomic E-state index is 13.8. The highest BCUT2D eigenvalue weighted by molar-refractivity contribution is 6.03. The van der Waals surface area contributed by atoms with Gasteiger partial charge in [-0.1, -0.05) is 13.0 Å². The van der Waals surface area contributed by atoms with Gasteiger partial charge in [-0.15, -0.1) is 0 Å². The summed E-state index contributed by atoms with van der Waals surface area (Å²) in [6, 6.07) is 6.11. The molecule has 2 unspecified atom stereocenters. The fraction of sp³-hybridized carbons (Fsp3) is 0.639. The molecular weight excluding hydrogens is 667 g/mol. The smallest absolute Gasteiger partial charge is 0.381 e. The van der Waals surface area contributed by atoms with E-state index in [1.54, 1.807) is 11.9 Å². The van der Waals surface area contributed by atoms with Crippen LogP contribution in [0, 0.1) is 24.2 Å². The molecule has 4 aliphatic rings. The van der Waals surface area contributed by atoms with E-state index in [1.807, 2.05) is 24.6 Å². The molecule has 6 rings (SSSR count). The molecule has 51 heavy (non-hydrogen) atoms. The molecular formula is C36H50F3N7O5. The Labute approximate surface area is 297 Å². The van der Waals surface area contributed by atoms with Crippen molar-refractivity contribution in [1.82, 2.24) is 24.9 Å². The van der Waals surface area contributed by atoms with Crippen molar-refractivity contribution in [3.63, 3.8) is 0 Å². The Balaban J connectivity index is 0.000000323. The molecule has 0 bridgehead atoms. The number of rotatable bonds is 9. The number of nitrogens with one attached hydrogen (secondary N) is 1. The number of hydrogen-bond donors (Lipinski definition) is 1. The first-order valence-electron chi connectivity index (χ1n) is 17.6. The molecule has 1 N–H and O–H groups in total. The Morgan fingerprint density at radius 3 is 2.31 bits per heavy atom. The normalized spacial score (nSPS) is 20.8. The summed E-state index contributed by atoms with van der Waals surface area (Å²) in [5.41, 5.74) is 0.947. The topological polar surface area (TPSA) is 133 Å². The molecule has 1 aromatic heterocycles. The number of aromatic nitrogens is 2. The first-order valence-corrected chi connectivity index (χ1v) is 17.6. The second-order valence-corrected chi connectivity index (χ2v) is 13.4. The van der Waals surface area contributed by atoms with Gasteiger partial charge in [-0.2, -0.15) is 23.5 Å². The molecule has 4 heterocycles. The minimum Gasteiger partial charge on any atom is -0.381 e. The molecule has 1 saturated carbocycles. The van der Waals surface area contributed by atoms with E-state index in [2.05, 4.69) is 24.2 Å². The van der Waals surface area contributed by atoms with Gasteiger partial charge in [-0.05, 0) is 89.6 Å². The zero-order valence-corrected chi connectivity index (χ0v) is 30.1. The second kappa shape index (κ2) is 18.0. The number of amides is 3. The van der Waals surface area contributed by atoms with Gasteiger partial charge in [0, 0.05) is 37.9 Å². The predicted octanol–water partition coefficient (Wildman–Crippen LogP) is 4.55. The summed E-state index contributed by atoms with van der Waals surface area (Å²) in [4.78, 5) is 41.8. The maximum Gasteiger partial charge on any atom is 0.416 e. The number of likely N-dealkylation sites (N-methyl/N-ethyl adjacent to an activating group) is 2. The standard InChI is InChI=1S/C26H31F3N4O3.C6H13NO.C4H6N2O/c1-3-32-24-22(15(2)31-33(24)19-9-11-36-12-10-19)20(16-7-8-16)14-21(25(32)35)30-23(34)17-5-4-6-18(13-17)26(27,28)29;1-3-7(2)6-4-8-5-6;1-6(4-7)3-2-5/h4-6,13,16,19-21H,3,7-12,14H2,1-2H3,(H,30,34);6H,3-5H2,1-2H3;4H,3H2,1H3.